The molecule has 2 N–H and O–H groups in total. The van der Waals surface area contributed by atoms with Crippen LogP contribution in [0.5, 0.6) is 11.5 Å². The second-order valence-electron chi connectivity index (χ2n) is 6.79. The van der Waals surface area contributed by atoms with E-state index in [2.05, 4.69) is 20.4 Å². The Labute approximate surface area is 170 Å². The van der Waals surface area contributed by atoms with Crippen LogP contribution in [0.4, 0.5) is 20.6 Å². The lowest BCUT2D eigenvalue weighted by atomic mass is 10.2. The van der Waals surface area contributed by atoms with Gasteiger partial charge in [0.25, 0.3) is 0 Å². The number of carbonyl (C=O) groups excluding carboxylic acids is 1. The molecule has 1 aliphatic heterocycles. The van der Waals surface area contributed by atoms with Gasteiger partial charge in [0.2, 0.25) is 0 Å². The molecule has 29 heavy (non-hydrogen) atoms. The number of anilines is 2. The second-order valence-corrected chi connectivity index (χ2v) is 6.79. The van der Waals surface area contributed by atoms with E-state index in [4.69, 9.17) is 9.47 Å². The fourth-order valence-corrected chi connectivity index (χ4v) is 3.26. The van der Waals surface area contributed by atoms with E-state index in [1.54, 1.807) is 32.4 Å². The van der Waals surface area contributed by atoms with Crippen molar-refractivity contribution < 1.29 is 18.7 Å². The normalized spacial score (nSPS) is 14.4. The number of amides is 2. The highest BCUT2D eigenvalue weighted by Gasteiger charge is 2.17. The predicted molar refractivity (Wildman–Crippen MR) is 112 cm³/mol. The molecule has 2 aromatic carbocycles. The Balaban J connectivity index is 1.39. The third-order valence-corrected chi connectivity index (χ3v) is 4.89. The molecule has 156 valence electrons. The van der Waals surface area contributed by atoms with Crippen molar-refractivity contribution in [3.8, 4) is 11.5 Å². The number of hydrogen-bond acceptors (Lipinski definition) is 5. The Bertz CT molecular complexity index is 786. The smallest absolute Gasteiger partial charge is 0.319 e. The van der Waals surface area contributed by atoms with Crippen LogP contribution in [0.2, 0.25) is 0 Å². The van der Waals surface area contributed by atoms with Gasteiger partial charge in [-0.1, -0.05) is 0 Å². The van der Waals surface area contributed by atoms with Gasteiger partial charge in [-0.25, -0.2) is 9.18 Å². The van der Waals surface area contributed by atoms with E-state index in [9.17, 15) is 9.18 Å². The van der Waals surface area contributed by atoms with Gasteiger partial charge in [0.1, 0.15) is 17.3 Å². The van der Waals surface area contributed by atoms with Gasteiger partial charge in [-0.3, -0.25) is 4.90 Å². The minimum absolute atomic E-state index is 0.218. The first-order valence-corrected chi connectivity index (χ1v) is 9.58. The SMILES string of the molecule is COc1cc(NC(=O)NCCN2CCN(c3ccc(F)cc3)CC2)cc(OC)c1. The highest BCUT2D eigenvalue weighted by Crippen LogP contribution is 2.25. The number of carbonyl (C=O) groups is 1. The molecule has 0 saturated carbocycles. The van der Waals surface area contributed by atoms with Gasteiger partial charge in [-0.15, -0.1) is 0 Å². The summed E-state index contributed by atoms with van der Waals surface area (Å²) < 4.78 is 23.5. The zero-order chi connectivity index (χ0) is 20.6. The molecule has 0 unspecified atom stereocenters. The summed E-state index contributed by atoms with van der Waals surface area (Å²) in [6.45, 7) is 4.86. The number of nitrogens with one attached hydrogen (secondary N) is 2. The molecule has 3 rings (SSSR count). The van der Waals surface area contributed by atoms with Crippen molar-refractivity contribution in [2.24, 2.45) is 0 Å². The quantitative estimate of drug-likeness (QED) is 0.746. The van der Waals surface area contributed by atoms with Crippen molar-refractivity contribution >= 4 is 17.4 Å². The van der Waals surface area contributed by atoms with Crippen molar-refractivity contribution in [2.75, 3.05) is 63.7 Å². The van der Waals surface area contributed by atoms with Gasteiger partial charge < -0.3 is 25.0 Å². The monoisotopic (exact) mass is 402 g/mol. The van der Waals surface area contributed by atoms with Gasteiger partial charge in [-0.05, 0) is 24.3 Å². The van der Waals surface area contributed by atoms with E-state index in [1.807, 2.05) is 12.1 Å². The Hall–Kier alpha value is -3.00. The third kappa shape index (κ3) is 5.99. The largest absolute Gasteiger partial charge is 0.497 e. The average Bonchev–Trinajstić information content (AvgIpc) is 2.74. The molecule has 0 aromatic heterocycles. The lowest BCUT2D eigenvalue weighted by Crippen LogP contribution is -2.48. The first kappa shape index (κ1) is 20.7. The molecule has 0 bridgehead atoms. The molecule has 0 spiro atoms. The van der Waals surface area contributed by atoms with Gasteiger partial charge in [0.15, 0.2) is 0 Å². The lowest BCUT2D eigenvalue weighted by Gasteiger charge is -2.36. The van der Waals surface area contributed by atoms with Crippen LogP contribution in [0.15, 0.2) is 42.5 Å². The Morgan fingerprint density at radius 2 is 1.62 bits per heavy atom. The molecule has 8 heteroatoms. The number of methoxy groups -OCH3 is 2. The van der Waals surface area contributed by atoms with E-state index in [-0.39, 0.29) is 11.8 Å². The molecule has 0 atom stereocenters. The first-order valence-electron chi connectivity index (χ1n) is 9.58. The lowest BCUT2D eigenvalue weighted by molar-refractivity contribution is 0.240. The van der Waals surface area contributed by atoms with Gasteiger partial charge in [0.05, 0.1) is 14.2 Å². The summed E-state index contributed by atoms with van der Waals surface area (Å²) in [5, 5.41) is 5.67. The van der Waals surface area contributed by atoms with E-state index in [0.29, 0.717) is 23.7 Å². The molecule has 1 aliphatic rings. The van der Waals surface area contributed by atoms with Crippen LogP contribution in [-0.4, -0.2) is 64.4 Å². The summed E-state index contributed by atoms with van der Waals surface area (Å²) in [6, 6.07) is 11.5. The molecule has 1 saturated heterocycles. The average molecular weight is 402 g/mol. The van der Waals surface area contributed by atoms with Crippen LogP contribution in [0.1, 0.15) is 0 Å². The Morgan fingerprint density at radius 3 is 2.21 bits per heavy atom. The number of halogens is 1. The maximum atomic E-state index is 13.1. The Morgan fingerprint density at radius 1 is 1.00 bits per heavy atom. The maximum Gasteiger partial charge on any atom is 0.319 e. The van der Waals surface area contributed by atoms with E-state index < -0.39 is 0 Å². The van der Waals surface area contributed by atoms with Crippen molar-refractivity contribution in [3.05, 3.63) is 48.3 Å². The minimum atomic E-state index is -0.273. The fourth-order valence-electron chi connectivity index (χ4n) is 3.26. The van der Waals surface area contributed by atoms with E-state index in [0.717, 1.165) is 38.4 Å². The number of urea groups is 1. The summed E-state index contributed by atoms with van der Waals surface area (Å²) in [4.78, 5) is 16.7. The topological polar surface area (TPSA) is 66.1 Å². The standard InChI is InChI=1S/C21H27FN4O3/c1-28-19-13-17(14-20(15-19)29-2)24-21(27)23-7-8-25-9-11-26(12-10-25)18-5-3-16(22)4-6-18/h3-6,13-15H,7-12H2,1-2H3,(H2,23,24,27). The number of hydrogen-bond donors (Lipinski definition) is 2. The summed E-state index contributed by atoms with van der Waals surface area (Å²) in [5.41, 5.74) is 1.64. The fraction of sp³-hybridized carbons (Fsp3) is 0.381. The zero-order valence-electron chi connectivity index (χ0n) is 16.8. The van der Waals surface area contributed by atoms with Crippen LogP contribution < -0.4 is 25.0 Å². The number of rotatable bonds is 7. The highest BCUT2D eigenvalue weighted by atomic mass is 19.1. The molecule has 1 heterocycles. The van der Waals surface area contributed by atoms with Crippen molar-refractivity contribution in [1.29, 1.82) is 0 Å². The molecule has 7 nitrogen and oxygen atoms in total. The number of piperazine rings is 1. The molecule has 0 radical (unpaired) electrons. The summed E-state index contributed by atoms with van der Waals surface area (Å²) in [6.07, 6.45) is 0. The van der Waals surface area contributed by atoms with Gasteiger partial charge >= 0.3 is 6.03 Å². The van der Waals surface area contributed by atoms with Crippen molar-refractivity contribution in [1.82, 2.24) is 10.2 Å². The second kappa shape index (κ2) is 9.97. The first-order chi connectivity index (χ1) is 14.1. The number of ether oxygens (including phenoxy) is 2. The van der Waals surface area contributed by atoms with E-state index >= 15 is 0 Å². The molecule has 0 aliphatic carbocycles. The predicted octanol–water partition coefficient (Wildman–Crippen LogP) is 2.79. The maximum absolute atomic E-state index is 13.1. The third-order valence-electron chi connectivity index (χ3n) is 4.89. The highest BCUT2D eigenvalue weighted by molar-refractivity contribution is 5.89. The minimum Gasteiger partial charge on any atom is -0.497 e. The van der Waals surface area contributed by atoms with Gasteiger partial charge in [-0.2, -0.15) is 0 Å². The molecular weight excluding hydrogens is 375 g/mol. The van der Waals surface area contributed by atoms with Crippen LogP contribution >= 0.6 is 0 Å². The molecule has 2 amide bonds. The molecule has 2 aromatic rings. The van der Waals surface area contributed by atoms with Crippen LogP contribution in [0, 0.1) is 5.82 Å². The number of nitrogens with zero attached hydrogens (tertiary/aromatic N) is 2. The molecule has 1 fully saturated rings. The van der Waals surface area contributed by atoms with Crippen LogP contribution in [0.3, 0.4) is 0 Å². The summed E-state index contributed by atoms with van der Waals surface area (Å²) in [7, 11) is 3.13. The number of benzene rings is 2. The summed E-state index contributed by atoms with van der Waals surface area (Å²) in [5.74, 6) is 1.00. The van der Waals surface area contributed by atoms with Crippen molar-refractivity contribution in [3.63, 3.8) is 0 Å². The summed E-state index contributed by atoms with van der Waals surface area (Å²) >= 11 is 0. The Kier molecular flexibility index (Phi) is 7.13. The van der Waals surface area contributed by atoms with Gasteiger partial charge in [0, 0.05) is 68.8 Å². The van der Waals surface area contributed by atoms with Crippen LogP contribution in [-0.2, 0) is 0 Å². The van der Waals surface area contributed by atoms with Crippen LogP contribution in [0.25, 0.3) is 0 Å². The van der Waals surface area contributed by atoms with Crippen molar-refractivity contribution in [2.45, 2.75) is 0 Å². The zero-order valence-corrected chi connectivity index (χ0v) is 16.8. The molecular formula is C21H27FN4O3. The van der Waals surface area contributed by atoms with E-state index in [1.165, 1.54) is 12.1 Å².